The van der Waals surface area contributed by atoms with Crippen LogP contribution in [0.2, 0.25) is 0 Å². The van der Waals surface area contributed by atoms with Gasteiger partial charge in [0.1, 0.15) is 0 Å². The van der Waals surface area contributed by atoms with Crippen molar-refractivity contribution >= 4 is 47.2 Å². The lowest BCUT2D eigenvalue weighted by Crippen LogP contribution is -2.52. The minimum atomic E-state index is 0. The molecule has 174 valence electrons. The number of fused-ring (bicyclic) bond motifs is 1. The molecule has 1 amide bonds. The summed E-state index contributed by atoms with van der Waals surface area (Å²) in [5.41, 5.74) is 2.67. The number of guanidine groups is 1. The molecular weight excluding hydrogens is 533 g/mol. The number of nitrogens with zero attached hydrogens (tertiary/aromatic N) is 4. The van der Waals surface area contributed by atoms with Gasteiger partial charge in [-0.15, -0.1) is 35.3 Å². The number of hydrogen-bond acceptors (Lipinski definition) is 4. The monoisotopic (exact) mass is 567 g/mol. The molecule has 1 saturated heterocycles. The molecule has 3 heterocycles. The molecule has 2 aromatic rings. The Bertz CT molecular complexity index is 880. The summed E-state index contributed by atoms with van der Waals surface area (Å²) in [6.07, 6.45) is 2.38. The van der Waals surface area contributed by atoms with E-state index in [1.807, 2.05) is 23.3 Å². The van der Waals surface area contributed by atoms with Gasteiger partial charge in [0.05, 0.1) is 0 Å². The Labute approximate surface area is 212 Å². The van der Waals surface area contributed by atoms with Crippen LogP contribution in [0.15, 0.2) is 46.8 Å². The summed E-state index contributed by atoms with van der Waals surface area (Å²) in [6.45, 7) is 7.47. The molecule has 0 unspecified atom stereocenters. The quantitative estimate of drug-likeness (QED) is 0.252. The highest BCUT2D eigenvalue weighted by atomic mass is 127. The summed E-state index contributed by atoms with van der Waals surface area (Å²) in [7, 11) is 1.84. The lowest BCUT2D eigenvalue weighted by atomic mass is 9.99. The molecule has 0 radical (unpaired) electrons. The molecule has 2 aliphatic heterocycles. The third-order valence-electron chi connectivity index (χ3n) is 6.18. The first-order valence-corrected chi connectivity index (χ1v) is 12.2. The average Bonchev–Trinajstić information content (AvgIpc) is 3.32. The Kier molecular flexibility index (Phi) is 9.80. The number of nitrogens with one attached hydrogen (secondary N) is 1. The van der Waals surface area contributed by atoms with E-state index in [1.165, 1.54) is 16.0 Å². The Morgan fingerprint density at radius 1 is 1.03 bits per heavy atom. The van der Waals surface area contributed by atoms with E-state index < -0.39 is 0 Å². The molecule has 0 atom stereocenters. The van der Waals surface area contributed by atoms with E-state index in [9.17, 15) is 4.79 Å². The van der Waals surface area contributed by atoms with Gasteiger partial charge in [0.15, 0.2) is 5.96 Å². The van der Waals surface area contributed by atoms with Crippen LogP contribution in [0.4, 0.5) is 0 Å². The number of piperazine rings is 1. The van der Waals surface area contributed by atoms with Crippen LogP contribution in [0.1, 0.15) is 28.8 Å². The van der Waals surface area contributed by atoms with Crippen LogP contribution in [0.3, 0.4) is 0 Å². The van der Waals surface area contributed by atoms with Crippen molar-refractivity contribution in [3.05, 3.63) is 57.8 Å². The molecule has 32 heavy (non-hydrogen) atoms. The standard InChI is InChI=1S/C24H33N5OS.HI/c1-25-24(28-15-13-27(14-16-28)19-22-8-5-17-31-22)26-11-4-9-23(30)29-12-10-20-6-2-3-7-21(20)18-29;/h2-3,5-8,17H,4,9-16,18-19H2,1H3,(H,25,26);1H. The van der Waals surface area contributed by atoms with Crippen LogP contribution in [-0.2, 0) is 24.3 Å². The van der Waals surface area contributed by atoms with Crippen molar-refractivity contribution in [2.75, 3.05) is 46.3 Å². The second-order valence-electron chi connectivity index (χ2n) is 8.25. The van der Waals surface area contributed by atoms with Gasteiger partial charge < -0.3 is 15.1 Å². The first-order chi connectivity index (χ1) is 15.2. The van der Waals surface area contributed by atoms with E-state index in [4.69, 9.17) is 0 Å². The number of amides is 1. The van der Waals surface area contributed by atoms with Gasteiger partial charge in [-0.05, 0) is 35.4 Å². The van der Waals surface area contributed by atoms with E-state index in [2.05, 4.69) is 61.9 Å². The fraction of sp³-hybridized carbons (Fsp3) is 0.500. The third kappa shape index (κ3) is 6.68. The van der Waals surface area contributed by atoms with Crippen LogP contribution in [0.5, 0.6) is 0 Å². The van der Waals surface area contributed by atoms with E-state index >= 15 is 0 Å². The molecule has 1 aromatic carbocycles. The highest BCUT2D eigenvalue weighted by Gasteiger charge is 2.21. The topological polar surface area (TPSA) is 51.2 Å². The van der Waals surface area contributed by atoms with Crippen molar-refractivity contribution in [3.63, 3.8) is 0 Å². The van der Waals surface area contributed by atoms with Gasteiger partial charge in [-0.2, -0.15) is 0 Å². The largest absolute Gasteiger partial charge is 0.356 e. The zero-order chi connectivity index (χ0) is 21.5. The molecule has 1 aromatic heterocycles. The first kappa shape index (κ1) is 25.0. The van der Waals surface area contributed by atoms with Gasteiger partial charge in [-0.25, -0.2) is 0 Å². The maximum Gasteiger partial charge on any atom is 0.222 e. The molecular formula is C24H34IN5OS. The fourth-order valence-electron chi connectivity index (χ4n) is 4.38. The van der Waals surface area contributed by atoms with Crippen molar-refractivity contribution in [1.29, 1.82) is 0 Å². The molecule has 0 aliphatic carbocycles. The molecule has 1 fully saturated rings. The number of aliphatic imine (C=N–C) groups is 1. The molecule has 2 aliphatic rings. The normalized spacial score (nSPS) is 17.0. The molecule has 0 spiro atoms. The van der Waals surface area contributed by atoms with Crippen molar-refractivity contribution < 1.29 is 4.79 Å². The summed E-state index contributed by atoms with van der Waals surface area (Å²) in [5.74, 6) is 1.21. The van der Waals surface area contributed by atoms with Crippen molar-refractivity contribution in [2.45, 2.75) is 32.4 Å². The van der Waals surface area contributed by atoms with Crippen LogP contribution in [0, 0.1) is 0 Å². The van der Waals surface area contributed by atoms with Crippen molar-refractivity contribution in [3.8, 4) is 0 Å². The minimum Gasteiger partial charge on any atom is -0.356 e. The minimum absolute atomic E-state index is 0. The lowest BCUT2D eigenvalue weighted by molar-refractivity contribution is -0.132. The van der Waals surface area contributed by atoms with Crippen LogP contribution in [0.25, 0.3) is 0 Å². The zero-order valence-corrected chi connectivity index (χ0v) is 22.0. The summed E-state index contributed by atoms with van der Waals surface area (Å²) < 4.78 is 0. The van der Waals surface area contributed by atoms with Crippen LogP contribution >= 0.6 is 35.3 Å². The van der Waals surface area contributed by atoms with Crippen molar-refractivity contribution in [2.24, 2.45) is 4.99 Å². The van der Waals surface area contributed by atoms with Crippen LogP contribution in [-0.4, -0.2) is 72.9 Å². The number of halogens is 1. The predicted octanol–water partition coefficient (Wildman–Crippen LogP) is 3.42. The Morgan fingerprint density at radius 3 is 2.53 bits per heavy atom. The maximum atomic E-state index is 12.6. The number of carbonyl (C=O) groups excluding carboxylic acids is 1. The van der Waals surface area contributed by atoms with Gasteiger partial charge in [0.25, 0.3) is 0 Å². The smallest absolute Gasteiger partial charge is 0.222 e. The molecule has 1 N–H and O–H groups in total. The summed E-state index contributed by atoms with van der Waals surface area (Å²) in [4.78, 5) is 25.4. The highest BCUT2D eigenvalue weighted by Crippen LogP contribution is 2.19. The highest BCUT2D eigenvalue weighted by molar-refractivity contribution is 14.0. The number of hydrogen-bond donors (Lipinski definition) is 1. The van der Waals surface area contributed by atoms with Gasteiger partial charge >= 0.3 is 0 Å². The van der Waals surface area contributed by atoms with Gasteiger partial charge in [0, 0.05) is 70.7 Å². The number of rotatable bonds is 6. The van der Waals surface area contributed by atoms with Crippen LogP contribution < -0.4 is 5.32 Å². The number of carbonyl (C=O) groups is 1. The van der Waals surface area contributed by atoms with Gasteiger partial charge in [0.2, 0.25) is 5.91 Å². The van der Waals surface area contributed by atoms with E-state index in [0.29, 0.717) is 6.42 Å². The zero-order valence-electron chi connectivity index (χ0n) is 18.8. The second-order valence-corrected chi connectivity index (χ2v) is 9.29. The third-order valence-corrected chi connectivity index (χ3v) is 7.04. The fourth-order valence-corrected chi connectivity index (χ4v) is 5.13. The summed E-state index contributed by atoms with van der Waals surface area (Å²) in [5, 5.41) is 5.61. The average molecular weight is 568 g/mol. The van der Waals surface area contributed by atoms with E-state index in [-0.39, 0.29) is 29.9 Å². The van der Waals surface area contributed by atoms with Gasteiger partial charge in [-0.3, -0.25) is 14.7 Å². The predicted molar refractivity (Wildman–Crippen MR) is 143 cm³/mol. The first-order valence-electron chi connectivity index (χ1n) is 11.3. The molecule has 0 bridgehead atoms. The number of thiophene rings is 1. The Hall–Kier alpha value is -1.65. The Balaban J connectivity index is 0.00000289. The summed E-state index contributed by atoms with van der Waals surface area (Å²) in [6, 6.07) is 12.8. The molecule has 6 nitrogen and oxygen atoms in total. The van der Waals surface area contributed by atoms with Gasteiger partial charge in [-0.1, -0.05) is 30.3 Å². The maximum absolute atomic E-state index is 12.6. The van der Waals surface area contributed by atoms with Crippen molar-refractivity contribution in [1.82, 2.24) is 20.0 Å². The second kappa shape index (κ2) is 12.6. The van der Waals surface area contributed by atoms with E-state index in [1.54, 1.807) is 0 Å². The molecule has 4 rings (SSSR count). The van der Waals surface area contributed by atoms with E-state index in [0.717, 1.165) is 71.2 Å². The Morgan fingerprint density at radius 2 is 1.81 bits per heavy atom. The number of benzene rings is 1. The SMILES string of the molecule is CN=C(NCCCC(=O)N1CCc2ccccc2C1)N1CCN(Cc2cccs2)CC1.I. The molecule has 8 heteroatoms. The summed E-state index contributed by atoms with van der Waals surface area (Å²) >= 11 is 1.83. The lowest BCUT2D eigenvalue weighted by Gasteiger charge is -2.36. The molecule has 0 saturated carbocycles.